The molecular weight excluding hydrogens is 544 g/mol. The lowest BCUT2D eigenvalue weighted by Gasteiger charge is -2.49. The molecule has 0 radical (unpaired) electrons. The third-order valence-electron chi connectivity index (χ3n) is 6.10. The first-order valence-corrected chi connectivity index (χ1v) is 13.7. The number of carbonyl (C=O) groups excluding carboxylic acids is 3. The van der Waals surface area contributed by atoms with Crippen LogP contribution in [0.25, 0.3) is 0 Å². The van der Waals surface area contributed by atoms with Crippen molar-refractivity contribution in [1.29, 1.82) is 0 Å². The smallest absolute Gasteiger partial charge is 0.355 e. The van der Waals surface area contributed by atoms with Crippen LogP contribution in [0.15, 0.2) is 71.0 Å². The van der Waals surface area contributed by atoms with Crippen molar-refractivity contribution in [2.45, 2.75) is 23.2 Å². The summed E-state index contributed by atoms with van der Waals surface area (Å²) in [5.74, 6) is -2.31. The second kappa shape index (κ2) is 11.3. The molecule has 1 unspecified atom stereocenters. The maximum absolute atomic E-state index is 13.3. The van der Waals surface area contributed by atoms with Gasteiger partial charge in [0.15, 0.2) is 0 Å². The molecule has 1 saturated heterocycles. The Bertz CT molecular complexity index is 1480. The van der Waals surface area contributed by atoms with Gasteiger partial charge in [-0.2, -0.15) is 0 Å². The van der Waals surface area contributed by atoms with Gasteiger partial charge in [0.1, 0.15) is 23.7 Å². The number of carboxylic acid groups (broad SMARTS) is 1. The van der Waals surface area contributed by atoms with Crippen LogP contribution in [-0.2, 0) is 28.0 Å². The van der Waals surface area contributed by atoms with Crippen molar-refractivity contribution in [2.24, 2.45) is 7.05 Å². The molecule has 2 aromatic carbocycles. The molecule has 1 aromatic heterocycles. The van der Waals surface area contributed by atoms with E-state index >= 15 is 0 Å². The summed E-state index contributed by atoms with van der Waals surface area (Å²) in [5, 5.41) is 23.4. The first-order chi connectivity index (χ1) is 18.8. The van der Waals surface area contributed by atoms with Crippen molar-refractivity contribution >= 4 is 47.3 Å². The van der Waals surface area contributed by atoms with Crippen LogP contribution in [0.2, 0.25) is 0 Å². The minimum atomic E-state index is -1.25. The monoisotopic (exact) mass is 566 g/mol. The summed E-state index contributed by atoms with van der Waals surface area (Å²) in [7, 11) is 1.70. The Kier molecular flexibility index (Phi) is 7.65. The van der Waals surface area contributed by atoms with Crippen molar-refractivity contribution in [3.63, 3.8) is 0 Å². The first kappa shape index (κ1) is 26.4. The number of aryl methyl sites for hydroxylation is 1. The fraction of sp³-hybridized carbons (Fsp3) is 0.240. The zero-order chi connectivity index (χ0) is 27.5. The standard InChI is InChI=1S/C25H22N6O6S2/c1-30-25(27-28-29-30)39-13-15-12-38-22-18(26-20(32)16-9-5-6-10-17(16)23(34)35)21(33)31(22)19(15)24(36)37-11-14-7-3-2-4-8-14/h2-10,18,22H,11-13H2,1H3,(H,26,32)(H,34,35)/t18?,22-/m0/s1. The van der Waals surface area contributed by atoms with Gasteiger partial charge in [0, 0.05) is 18.6 Å². The van der Waals surface area contributed by atoms with E-state index in [1.165, 1.54) is 51.3 Å². The van der Waals surface area contributed by atoms with Gasteiger partial charge in [-0.05, 0) is 33.7 Å². The number of β-lactam (4-membered cyclic amide) rings is 1. The maximum Gasteiger partial charge on any atom is 0.355 e. The highest BCUT2D eigenvalue weighted by Crippen LogP contribution is 2.42. The van der Waals surface area contributed by atoms with Crippen LogP contribution in [0.5, 0.6) is 0 Å². The molecule has 3 heterocycles. The summed E-state index contributed by atoms with van der Waals surface area (Å²) >= 11 is 2.72. The van der Waals surface area contributed by atoms with Crippen molar-refractivity contribution in [2.75, 3.05) is 11.5 Å². The van der Waals surface area contributed by atoms with E-state index in [1.54, 1.807) is 13.1 Å². The highest BCUT2D eigenvalue weighted by molar-refractivity contribution is 8.01. The van der Waals surface area contributed by atoms with Crippen molar-refractivity contribution in [3.8, 4) is 0 Å². The predicted octanol–water partition coefficient (Wildman–Crippen LogP) is 1.71. The fourth-order valence-electron chi connectivity index (χ4n) is 4.16. The van der Waals surface area contributed by atoms with Crippen LogP contribution in [0, 0.1) is 0 Å². The summed E-state index contributed by atoms with van der Waals surface area (Å²) in [6, 6.07) is 14.0. The summed E-state index contributed by atoms with van der Waals surface area (Å²) in [5.41, 5.74) is 1.39. The average Bonchev–Trinajstić information content (AvgIpc) is 3.37. The van der Waals surface area contributed by atoms with E-state index in [0.29, 0.717) is 22.2 Å². The summed E-state index contributed by atoms with van der Waals surface area (Å²) in [6.45, 7) is 0.0305. The molecule has 3 aromatic rings. The number of esters is 1. The van der Waals surface area contributed by atoms with Crippen molar-refractivity contribution in [1.82, 2.24) is 30.4 Å². The van der Waals surface area contributed by atoms with E-state index in [4.69, 9.17) is 4.74 Å². The second-order valence-corrected chi connectivity index (χ2v) is 10.6. The molecule has 0 bridgehead atoms. The number of ether oxygens (including phenoxy) is 1. The normalized spacial score (nSPS) is 18.3. The zero-order valence-corrected chi connectivity index (χ0v) is 22.1. The number of carbonyl (C=O) groups is 4. The van der Waals surface area contributed by atoms with Gasteiger partial charge in [-0.3, -0.25) is 14.5 Å². The number of tetrazole rings is 1. The van der Waals surface area contributed by atoms with E-state index in [9.17, 15) is 24.3 Å². The van der Waals surface area contributed by atoms with Gasteiger partial charge in [-0.15, -0.1) is 16.9 Å². The van der Waals surface area contributed by atoms with E-state index < -0.39 is 35.2 Å². The minimum absolute atomic E-state index is 0.0305. The number of aromatic nitrogens is 4. The molecule has 12 nitrogen and oxygen atoms in total. The van der Waals surface area contributed by atoms with Gasteiger partial charge in [0.05, 0.1) is 11.1 Å². The Balaban J connectivity index is 1.36. The highest BCUT2D eigenvalue weighted by Gasteiger charge is 2.54. The molecule has 2 amide bonds. The first-order valence-electron chi connectivity index (χ1n) is 11.7. The van der Waals surface area contributed by atoms with Crippen LogP contribution in [0.1, 0.15) is 26.3 Å². The van der Waals surface area contributed by atoms with Gasteiger partial charge in [0.25, 0.3) is 11.8 Å². The number of hydrogen-bond acceptors (Lipinski definition) is 10. The Labute approximate surface area is 230 Å². The number of hydrogen-bond donors (Lipinski definition) is 2. The number of carboxylic acids is 1. The molecule has 5 rings (SSSR count). The number of amides is 2. The van der Waals surface area contributed by atoms with Gasteiger partial charge in [-0.25, -0.2) is 14.3 Å². The van der Waals surface area contributed by atoms with E-state index in [0.717, 1.165) is 5.56 Å². The molecule has 2 N–H and O–H groups in total. The lowest BCUT2D eigenvalue weighted by atomic mass is 10.0. The highest BCUT2D eigenvalue weighted by atomic mass is 32.2. The largest absolute Gasteiger partial charge is 0.478 e. The molecular formula is C25H22N6O6S2. The van der Waals surface area contributed by atoms with Crippen LogP contribution in [0.4, 0.5) is 0 Å². The third-order valence-corrected chi connectivity index (χ3v) is 8.54. The van der Waals surface area contributed by atoms with Crippen molar-refractivity contribution in [3.05, 3.63) is 82.6 Å². The number of benzene rings is 2. The van der Waals surface area contributed by atoms with Crippen LogP contribution >= 0.6 is 23.5 Å². The Morgan fingerprint density at radius 3 is 2.54 bits per heavy atom. The lowest BCUT2D eigenvalue weighted by molar-refractivity contribution is -0.152. The number of nitrogens with one attached hydrogen (secondary N) is 1. The number of rotatable bonds is 9. The molecule has 0 spiro atoms. The number of thioether (sulfide) groups is 2. The quantitative estimate of drug-likeness (QED) is 0.221. The minimum Gasteiger partial charge on any atom is -0.478 e. The Morgan fingerprint density at radius 2 is 1.85 bits per heavy atom. The molecule has 14 heteroatoms. The van der Waals surface area contributed by atoms with E-state index in [2.05, 4.69) is 20.8 Å². The summed E-state index contributed by atoms with van der Waals surface area (Å²) < 4.78 is 7.09. The second-order valence-electron chi connectivity index (χ2n) is 8.60. The number of nitrogens with zero attached hydrogens (tertiary/aromatic N) is 5. The summed E-state index contributed by atoms with van der Waals surface area (Å²) in [4.78, 5) is 52.4. The fourth-order valence-corrected chi connectivity index (χ4v) is 6.49. The molecule has 2 aliphatic heterocycles. The maximum atomic E-state index is 13.3. The molecule has 2 atom stereocenters. The van der Waals surface area contributed by atoms with Crippen LogP contribution in [0.3, 0.4) is 0 Å². The van der Waals surface area contributed by atoms with Crippen LogP contribution < -0.4 is 5.32 Å². The van der Waals surface area contributed by atoms with Gasteiger partial charge in [0.2, 0.25) is 5.16 Å². The molecule has 39 heavy (non-hydrogen) atoms. The summed E-state index contributed by atoms with van der Waals surface area (Å²) in [6.07, 6.45) is 0. The SMILES string of the molecule is Cn1nnnc1SCC1=C(C(=O)OCc2ccccc2)N2C(=O)C(NC(=O)c3ccccc3C(=O)O)[C@@H]2SC1. The third kappa shape index (κ3) is 5.38. The van der Waals surface area contributed by atoms with Crippen molar-refractivity contribution < 1.29 is 29.0 Å². The molecule has 1 fully saturated rings. The average molecular weight is 567 g/mol. The predicted molar refractivity (Wildman–Crippen MR) is 141 cm³/mol. The zero-order valence-electron chi connectivity index (χ0n) is 20.5. The Morgan fingerprint density at radius 1 is 1.13 bits per heavy atom. The Hall–Kier alpha value is -4.17. The molecule has 2 aliphatic rings. The number of aromatic carboxylic acids is 1. The molecule has 0 aliphatic carbocycles. The van der Waals surface area contributed by atoms with Gasteiger partial charge >= 0.3 is 11.9 Å². The molecule has 200 valence electrons. The lowest BCUT2D eigenvalue weighted by Crippen LogP contribution is -2.70. The van der Waals surface area contributed by atoms with Gasteiger partial charge < -0.3 is 15.2 Å². The van der Waals surface area contributed by atoms with Crippen LogP contribution in [-0.4, -0.2) is 76.9 Å². The number of fused-ring (bicyclic) bond motifs is 1. The van der Waals surface area contributed by atoms with Gasteiger partial charge in [-0.1, -0.05) is 54.2 Å². The topological polar surface area (TPSA) is 157 Å². The van der Waals surface area contributed by atoms with E-state index in [1.807, 2.05) is 30.3 Å². The van der Waals surface area contributed by atoms with E-state index in [-0.39, 0.29) is 23.4 Å². The molecule has 0 saturated carbocycles.